The zero-order valence-electron chi connectivity index (χ0n) is 42.7. The van der Waals surface area contributed by atoms with E-state index in [0.717, 1.165) is 29.3 Å². The Morgan fingerprint density at radius 3 is 2.14 bits per heavy atom. The molecule has 2 heterocycles. The van der Waals surface area contributed by atoms with Crippen LogP contribution in [-0.2, 0) is 44.7 Å². The number of aromatic nitrogens is 1. The molecule has 5 N–H and O–H groups in total. The summed E-state index contributed by atoms with van der Waals surface area (Å²) < 4.78 is 12.1. The topological polar surface area (TPSA) is 196 Å². The Kier molecular flexibility index (Phi) is 21.8. The van der Waals surface area contributed by atoms with E-state index in [1.165, 1.54) is 7.11 Å². The number of methoxy groups -OCH3 is 2. The van der Waals surface area contributed by atoms with Crippen molar-refractivity contribution in [2.24, 2.45) is 34.8 Å². The number of H-pyrrole nitrogens is 1. The third-order valence-electron chi connectivity index (χ3n) is 14.8. The first kappa shape index (κ1) is 56.0. The molecule has 2 aromatic rings. The SMILES string of the molecule is CC[C@H](C)C([C@@H](CC(=O)N1CCC[C@H]1[C@H](OC)[C@@H](C)C(=O)N[C@@H](Cc1c[nH]c2ccccc12)C(N)=O)OC)N(C)C(=O)[C@@H](NC(=O)[C@H](C(C)C)N(C)CCCC(=O)C(C)(CC)CC)C(C)C. The highest BCUT2D eigenvalue weighted by atomic mass is 16.5. The van der Waals surface area contributed by atoms with Gasteiger partial charge in [-0.15, -0.1) is 0 Å². The molecule has 0 aliphatic carbocycles. The van der Waals surface area contributed by atoms with Gasteiger partial charge in [0.25, 0.3) is 0 Å². The highest BCUT2D eigenvalue weighted by Crippen LogP contribution is 2.31. The Labute approximate surface area is 395 Å². The van der Waals surface area contributed by atoms with Gasteiger partial charge in [-0.25, -0.2) is 0 Å². The second kappa shape index (κ2) is 25.7. The molecule has 15 nitrogen and oxygen atoms in total. The van der Waals surface area contributed by atoms with E-state index in [-0.39, 0.29) is 59.5 Å². The van der Waals surface area contributed by atoms with E-state index in [4.69, 9.17) is 15.2 Å². The minimum Gasteiger partial charge on any atom is -0.379 e. The van der Waals surface area contributed by atoms with Gasteiger partial charge in [-0.05, 0) is 75.1 Å². The Morgan fingerprint density at radius 2 is 1.58 bits per heavy atom. The number of fused-ring (bicyclic) bond motifs is 1. The van der Waals surface area contributed by atoms with Gasteiger partial charge in [0.1, 0.15) is 17.9 Å². The molecule has 3 rings (SSSR count). The molecular weight excluding hydrogens is 839 g/mol. The van der Waals surface area contributed by atoms with Gasteiger partial charge in [0.2, 0.25) is 29.5 Å². The van der Waals surface area contributed by atoms with Crippen LogP contribution in [0.5, 0.6) is 0 Å². The maximum absolute atomic E-state index is 14.6. The van der Waals surface area contributed by atoms with Crippen molar-refractivity contribution in [1.29, 1.82) is 0 Å². The summed E-state index contributed by atoms with van der Waals surface area (Å²) in [5, 5.41) is 6.90. The van der Waals surface area contributed by atoms with Gasteiger partial charge in [0.15, 0.2) is 0 Å². The Hall–Kier alpha value is -4.34. The van der Waals surface area contributed by atoms with Crippen LogP contribution in [0.25, 0.3) is 10.9 Å². The first-order chi connectivity index (χ1) is 31.1. The number of carbonyl (C=O) groups is 6. The number of hydrogen-bond acceptors (Lipinski definition) is 9. The van der Waals surface area contributed by atoms with Gasteiger partial charge in [0.05, 0.1) is 42.7 Å². The number of nitrogens with two attached hydrogens (primary N) is 1. The fraction of sp³-hybridized carbons (Fsp3) is 0.725. The molecule has 66 heavy (non-hydrogen) atoms. The summed E-state index contributed by atoms with van der Waals surface area (Å²) >= 11 is 0. The Morgan fingerprint density at radius 1 is 0.924 bits per heavy atom. The molecule has 372 valence electrons. The van der Waals surface area contributed by atoms with Crippen molar-refractivity contribution in [2.45, 2.75) is 169 Å². The number of aromatic amines is 1. The lowest BCUT2D eigenvalue weighted by molar-refractivity contribution is -0.148. The Balaban J connectivity index is 1.76. The van der Waals surface area contributed by atoms with Crippen LogP contribution >= 0.6 is 0 Å². The van der Waals surface area contributed by atoms with Gasteiger partial charge >= 0.3 is 0 Å². The summed E-state index contributed by atoms with van der Waals surface area (Å²) in [5.41, 5.74) is 7.23. The highest BCUT2D eigenvalue weighted by Gasteiger charge is 2.44. The lowest BCUT2D eigenvalue weighted by Crippen LogP contribution is -2.60. The van der Waals surface area contributed by atoms with E-state index in [1.807, 2.05) is 105 Å². The molecule has 9 atom stereocenters. The predicted octanol–water partition coefficient (Wildman–Crippen LogP) is 5.87. The molecule has 0 spiro atoms. The van der Waals surface area contributed by atoms with Crippen LogP contribution in [0.3, 0.4) is 0 Å². The van der Waals surface area contributed by atoms with E-state index >= 15 is 0 Å². The van der Waals surface area contributed by atoms with E-state index in [0.29, 0.717) is 45.2 Å². The molecule has 1 aliphatic heterocycles. The number of carbonyl (C=O) groups excluding carboxylic acids is 6. The van der Waals surface area contributed by atoms with Crippen LogP contribution in [0.1, 0.15) is 126 Å². The number of likely N-dealkylation sites (N-methyl/N-ethyl adjacent to an activating group) is 2. The van der Waals surface area contributed by atoms with E-state index < -0.39 is 60.1 Å². The summed E-state index contributed by atoms with van der Waals surface area (Å²) in [6.45, 7) is 20.7. The van der Waals surface area contributed by atoms with Crippen LogP contribution in [0, 0.1) is 29.1 Å². The van der Waals surface area contributed by atoms with Crippen molar-refractivity contribution in [3.63, 3.8) is 0 Å². The summed E-state index contributed by atoms with van der Waals surface area (Å²) in [6, 6.07) is 4.43. The van der Waals surface area contributed by atoms with Gasteiger partial charge in [-0.2, -0.15) is 0 Å². The highest BCUT2D eigenvalue weighted by molar-refractivity contribution is 5.91. The average Bonchev–Trinajstić information content (AvgIpc) is 3.94. The van der Waals surface area contributed by atoms with Crippen LogP contribution in [0.2, 0.25) is 0 Å². The number of nitrogens with zero attached hydrogens (tertiary/aromatic N) is 3. The lowest BCUT2D eigenvalue weighted by Gasteiger charge is -2.41. The number of benzene rings is 1. The van der Waals surface area contributed by atoms with Gasteiger partial charge in [0, 0.05) is 63.2 Å². The van der Waals surface area contributed by atoms with E-state index in [9.17, 15) is 28.8 Å². The predicted molar refractivity (Wildman–Crippen MR) is 260 cm³/mol. The molecular formula is C51H85N7O8. The van der Waals surface area contributed by atoms with Crippen molar-refractivity contribution >= 4 is 46.2 Å². The number of amides is 5. The van der Waals surface area contributed by atoms with Crippen LogP contribution < -0.4 is 16.4 Å². The number of Topliss-reactive ketones (excluding diaryl/α,β-unsaturated/α-hetero) is 1. The van der Waals surface area contributed by atoms with Crippen LogP contribution in [0.4, 0.5) is 0 Å². The fourth-order valence-corrected chi connectivity index (χ4v) is 9.91. The van der Waals surface area contributed by atoms with Gasteiger partial charge in [-0.3, -0.25) is 33.7 Å². The zero-order chi connectivity index (χ0) is 49.6. The first-order valence-electron chi connectivity index (χ1n) is 24.4. The smallest absolute Gasteiger partial charge is 0.245 e. The van der Waals surface area contributed by atoms with Crippen molar-refractivity contribution in [3.05, 3.63) is 36.0 Å². The number of hydrogen-bond donors (Lipinski definition) is 4. The standard InChI is InChI=1S/C51H85N7O8/c1-15-33(8)45(57(12)50(64)43(31(4)5)55-49(63)44(32(6)7)56(11)26-21-25-41(59)51(10,16-2)17-3)40(65-13)29-42(60)58-27-20-24-39(58)46(66-14)34(9)48(62)54-38(47(52)61)28-35-30-53-37-23-19-18-22-36(35)37/h18-19,22-23,30-34,38-40,43-46,53H,15-17,20-21,24-29H2,1-14H3,(H2,52,61)(H,54,62)(H,55,63)/t33-,34+,38-,39-,40+,43-,44-,45?,46+/m0/s1. The summed E-state index contributed by atoms with van der Waals surface area (Å²) in [6.07, 6.45) is 5.30. The van der Waals surface area contributed by atoms with Gasteiger partial charge in [-0.1, -0.05) is 93.9 Å². The normalized spacial score (nSPS) is 18.1. The quantitative estimate of drug-likeness (QED) is 0.0807. The maximum atomic E-state index is 14.6. The molecule has 0 bridgehead atoms. The third-order valence-corrected chi connectivity index (χ3v) is 14.8. The fourth-order valence-electron chi connectivity index (χ4n) is 9.91. The largest absolute Gasteiger partial charge is 0.379 e. The molecule has 15 heteroatoms. The number of nitrogens with one attached hydrogen (secondary N) is 3. The lowest BCUT2D eigenvalue weighted by atomic mass is 9.79. The molecule has 1 aromatic carbocycles. The number of para-hydroxylation sites is 1. The number of rotatable bonds is 28. The number of ether oxygens (including phenoxy) is 2. The zero-order valence-corrected chi connectivity index (χ0v) is 42.7. The second-order valence-electron chi connectivity index (χ2n) is 19.8. The van der Waals surface area contributed by atoms with E-state index in [2.05, 4.69) is 15.6 Å². The second-order valence-corrected chi connectivity index (χ2v) is 19.8. The molecule has 0 saturated carbocycles. The number of primary amides is 1. The minimum atomic E-state index is -0.963. The van der Waals surface area contributed by atoms with Crippen molar-refractivity contribution in [1.82, 2.24) is 30.3 Å². The summed E-state index contributed by atoms with van der Waals surface area (Å²) in [4.78, 5) is 91.2. The van der Waals surface area contributed by atoms with Crippen molar-refractivity contribution in [2.75, 3.05) is 41.4 Å². The maximum Gasteiger partial charge on any atom is 0.245 e. The minimum absolute atomic E-state index is 0.0257. The van der Waals surface area contributed by atoms with Crippen molar-refractivity contribution in [3.8, 4) is 0 Å². The molecule has 1 saturated heterocycles. The molecule has 0 radical (unpaired) electrons. The third kappa shape index (κ3) is 13.9. The first-order valence-corrected chi connectivity index (χ1v) is 24.4. The molecule has 1 unspecified atom stereocenters. The average molecular weight is 924 g/mol. The van der Waals surface area contributed by atoms with Crippen molar-refractivity contribution < 1.29 is 38.2 Å². The summed E-state index contributed by atoms with van der Waals surface area (Å²) in [7, 11) is 6.69. The Bertz CT molecular complexity index is 1910. The number of ketones is 1. The molecule has 1 aliphatic rings. The van der Waals surface area contributed by atoms with Crippen LogP contribution in [-0.4, -0.2) is 139 Å². The molecule has 1 fully saturated rings. The number of likely N-dealkylation sites (tertiary alicyclic amines) is 1. The summed E-state index contributed by atoms with van der Waals surface area (Å²) in [5.74, 6) is -2.65. The molecule has 5 amide bonds. The van der Waals surface area contributed by atoms with Crippen LogP contribution in [0.15, 0.2) is 30.5 Å². The monoisotopic (exact) mass is 924 g/mol. The van der Waals surface area contributed by atoms with E-state index in [1.54, 1.807) is 30.9 Å². The molecule has 1 aromatic heterocycles. The van der Waals surface area contributed by atoms with Gasteiger partial charge < -0.3 is 40.6 Å².